The monoisotopic (exact) mass is 1550 g/mol. The number of hydrogen-bond donors (Lipinski definition) is 10. The quantitative estimate of drug-likeness (QED) is 0.0115. The molecule has 3 amide bonds. The number of pyridine rings is 1. The van der Waals surface area contributed by atoms with Crippen LogP contribution in [-0.2, 0) is 92.9 Å². The number of hydrogen-bond acceptors (Lipinski definition) is 23. The summed E-state index contributed by atoms with van der Waals surface area (Å²) in [6.45, 7) is 6.74. The number of fused-ring (bicyclic) bond motifs is 6. The third-order valence-corrected chi connectivity index (χ3v) is 24.1. The van der Waals surface area contributed by atoms with Gasteiger partial charge in [0.1, 0.15) is 9.79 Å². The van der Waals surface area contributed by atoms with Crippen LogP contribution in [0.25, 0.3) is 27.1 Å². The molecule has 0 saturated carbocycles. The largest absolute Gasteiger partial charge is 0.364 e. The third kappa shape index (κ3) is 18.1. The summed E-state index contributed by atoms with van der Waals surface area (Å²) in [7, 11) is -33.9. The molecule has 2 aliphatic rings. The second kappa shape index (κ2) is 29.0. The van der Waals surface area contributed by atoms with Crippen molar-refractivity contribution in [3.8, 4) is 0 Å². The van der Waals surface area contributed by atoms with Gasteiger partial charge in [-0.2, -0.15) is 50.5 Å². The number of aromatic nitrogens is 3. The van der Waals surface area contributed by atoms with Crippen molar-refractivity contribution in [3.63, 3.8) is 0 Å². The molecule has 32 nitrogen and oxygen atoms in total. The van der Waals surface area contributed by atoms with Crippen LogP contribution < -0.4 is 30.9 Å². The number of carbonyl (C=O) groups is 3. The molecule has 2 aromatic heterocycles. The number of allylic oxidation sites excluding steroid dienone is 5. The second-order valence-corrected chi connectivity index (χ2v) is 36.1. The highest BCUT2D eigenvalue weighted by Gasteiger charge is 2.46. The Balaban J connectivity index is 1.02. The zero-order chi connectivity index (χ0) is 74.4. The summed E-state index contributed by atoms with van der Waals surface area (Å²) in [5.41, 5.74) is 0.201. The Morgan fingerprint density at radius 2 is 1.17 bits per heavy atom. The molecular weight excluding hydrogens is 1480 g/mol. The number of rotatable bonds is 28. The lowest BCUT2D eigenvalue weighted by Gasteiger charge is -2.32. The molecule has 40 heteroatoms. The van der Waals surface area contributed by atoms with Crippen LogP contribution in [0.5, 0.6) is 0 Å². The van der Waals surface area contributed by atoms with Gasteiger partial charge in [-0.25, -0.2) is 13.6 Å². The maximum absolute atomic E-state index is 13.7. The first-order chi connectivity index (χ1) is 46.7. The first-order valence-electron chi connectivity index (χ1n) is 30.2. The van der Waals surface area contributed by atoms with Gasteiger partial charge in [0.15, 0.2) is 0 Å². The Labute approximate surface area is 585 Å². The molecule has 0 spiro atoms. The molecule has 7 aromatic rings. The zero-order valence-corrected chi connectivity index (χ0v) is 60.3. The number of carbonyl (C=O) groups excluding carboxylic acids is 3. The van der Waals surface area contributed by atoms with E-state index >= 15 is 0 Å². The number of anilines is 3. The minimum atomic E-state index is -5.18. The van der Waals surface area contributed by atoms with Crippen LogP contribution in [0.1, 0.15) is 109 Å². The molecule has 4 heterocycles. The van der Waals surface area contributed by atoms with Crippen LogP contribution in [0.3, 0.4) is 0 Å². The molecule has 101 heavy (non-hydrogen) atoms. The summed E-state index contributed by atoms with van der Waals surface area (Å²) in [4.78, 5) is 43.6. The number of amides is 3. The fraction of sp³-hybridized carbons (Fsp3) is 0.311. The minimum absolute atomic E-state index is 0.0500. The smallest absolute Gasteiger partial charge is 0.295 e. The van der Waals surface area contributed by atoms with Gasteiger partial charge in [0, 0.05) is 83.0 Å². The fourth-order valence-electron chi connectivity index (χ4n) is 12.3. The van der Waals surface area contributed by atoms with Crippen molar-refractivity contribution < 1.29 is 101 Å². The summed E-state index contributed by atoms with van der Waals surface area (Å²) in [6.07, 6.45) is 8.79. The molecule has 0 fully saturated rings. The molecular formula is C61H67N9O23S8. The van der Waals surface area contributed by atoms with E-state index in [1.165, 1.54) is 54.7 Å². The Bertz CT molecular complexity index is 5460. The number of nitrogens with zero attached hydrogens (tertiary/aromatic N) is 5. The topological polar surface area (TPSA) is 519 Å². The summed E-state index contributed by atoms with van der Waals surface area (Å²) in [5, 5.41) is 19.6. The van der Waals surface area contributed by atoms with Crippen molar-refractivity contribution in [3.05, 3.63) is 155 Å². The average molecular weight is 1550 g/mol. The lowest BCUT2D eigenvalue weighted by Crippen LogP contribution is -2.41. The second-order valence-electron chi connectivity index (χ2n) is 24.6. The van der Waals surface area contributed by atoms with Gasteiger partial charge < -0.3 is 20.4 Å². The van der Waals surface area contributed by atoms with E-state index in [4.69, 9.17) is 5.14 Å². The summed E-state index contributed by atoms with van der Waals surface area (Å²) >= 11 is 0.581. The summed E-state index contributed by atoms with van der Waals surface area (Å²) < 4.78 is 234. The Morgan fingerprint density at radius 1 is 0.604 bits per heavy atom. The standard InChI is InChI=1S/C61H67N9O23S8/c1-60(2)51(69(26-8-28-95(74,75)76)47-21-18-42-44(54(47)60)30-40(98(82,83)84)32-49(42)100(88,89)90)23-16-37(17-24-52-61(3,4)55-45-31-41(99(85,86)87)33-50(101(91,92)93)43(45)19-22-48(55)70(52)27-9-29-96(77,78)79)46-20-15-39(35-64-46)56(72)63-25-7-5-6-10-53(71)65-34-36-11-13-38(14-12-36)57(73)66-58-67-68-59(94-58)97(62,80)81/h11-24,30-33,35,51H,5-10,25-29,34H2,1-4H3,(H,63,72)(H,65,71)(H2,62,80,81)(H,66,67,73)(H,74,75,76)(H,77,78,79)(H,82,83,84)(H,85,86,87)(H,88,89,90)(H,91,92,93)/b23-16+,37-17?,52-24?. The first-order valence-corrected chi connectivity index (χ1v) is 41.5. The van der Waals surface area contributed by atoms with Gasteiger partial charge in [0.2, 0.25) is 15.4 Å². The highest BCUT2D eigenvalue weighted by Crippen LogP contribution is 2.53. The molecule has 9 rings (SSSR count). The van der Waals surface area contributed by atoms with Crippen LogP contribution >= 0.6 is 11.3 Å². The Kier molecular flexibility index (Phi) is 22.1. The first kappa shape index (κ1) is 77.1. The van der Waals surface area contributed by atoms with Gasteiger partial charge in [-0.1, -0.05) is 87.9 Å². The highest BCUT2D eigenvalue weighted by molar-refractivity contribution is 7.91. The highest BCUT2D eigenvalue weighted by atomic mass is 32.3. The molecule has 5 aromatic carbocycles. The number of primary sulfonamides is 1. The van der Waals surface area contributed by atoms with E-state index in [-0.39, 0.29) is 117 Å². The van der Waals surface area contributed by atoms with Gasteiger partial charge in [-0.15, -0.1) is 10.2 Å². The molecule has 0 radical (unpaired) electrons. The SMILES string of the molecule is CC1(C)C(=CC=C(/C=C/C2N(CCCS(=O)(=O)O)c3ccc4c(S(=O)(=O)O)cc(S(=O)(=O)O)cc4c3C2(C)C)c2ccc(C(=O)NCCCCCC(=O)NCc3ccc(C(=O)Nc4nnc(S(N)(=O)=O)s4)cc3)cn2)N(CCCS(=O)(=O)O)c2ccc3c(S(=O)(=O)O)cc(S(=O)(=O)O)cc3c21. The summed E-state index contributed by atoms with van der Waals surface area (Å²) in [6, 6.07) is 16.9. The van der Waals surface area contributed by atoms with Gasteiger partial charge in [-0.3, -0.25) is 52.0 Å². The van der Waals surface area contributed by atoms with Crippen molar-refractivity contribution in [2.24, 2.45) is 5.14 Å². The van der Waals surface area contributed by atoms with Crippen molar-refractivity contribution in [1.29, 1.82) is 0 Å². The van der Waals surface area contributed by atoms with E-state index in [0.29, 0.717) is 59.7 Å². The normalized spacial score (nSPS) is 16.3. The van der Waals surface area contributed by atoms with Crippen LogP contribution in [-0.4, -0.2) is 156 Å². The average Bonchev–Trinajstić information content (AvgIpc) is 1.64. The molecule has 11 N–H and O–H groups in total. The number of benzene rings is 5. The molecule has 0 bridgehead atoms. The zero-order valence-electron chi connectivity index (χ0n) is 53.7. The van der Waals surface area contributed by atoms with Gasteiger partial charge in [0.05, 0.1) is 38.6 Å². The lowest BCUT2D eigenvalue weighted by molar-refractivity contribution is -0.121. The Hall–Kier alpha value is -8.07. The van der Waals surface area contributed by atoms with Crippen molar-refractivity contribution in [2.45, 2.75) is 114 Å². The van der Waals surface area contributed by atoms with Crippen molar-refractivity contribution >= 4 is 143 Å². The van der Waals surface area contributed by atoms with E-state index in [9.17, 15) is 101 Å². The van der Waals surface area contributed by atoms with Gasteiger partial charge in [0.25, 0.3) is 82.5 Å². The molecule has 0 aliphatic carbocycles. The predicted octanol–water partition coefficient (Wildman–Crippen LogP) is 6.08. The van der Waals surface area contributed by atoms with Gasteiger partial charge in [-0.05, 0) is 125 Å². The van der Waals surface area contributed by atoms with Crippen LogP contribution in [0.2, 0.25) is 0 Å². The van der Waals surface area contributed by atoms with Crippen molar-refractivity contribution in [1.82, 2.24) is 25.8 Å². The lowest BCUT2D eigenvalue weighted by atomic mass is 9.78. The Morgan fingerprint density at radius 3 is 1.70 bits per heavy atom. The van der Waals surface area contributed by atoms with E-state index in [1.54, 1.807) is 73.9 Å². The fourth-order valence-corrected chi connectivity index (χ4v) is 17.3. The third-order valence-electron chi connectivity index (χ3n) is 16.9. The molecule has 1 atom stereocenters. The number of nitrogens with two attached hydrogens (primary N) is 1. The molecule has 1 unspecified atom stereocenters. The number of unbranched alkanes of at least 4 members (excludes halogenated alkanes) is 2. The van der Waals surface area contributed by atoms with E-state index in [1.807, 2.05) is 0 Å². The number of nitrogens with one attached hydrogen (secondary N) is 3. The number of sulfonamides is 1. The minimum Gasteiger partial charge on any atom is -0.364 e. The van der Waals surface area contributed by atoms with Crippen LogP contribution in [0, 0.1) is 0 Å². The maximum Gasteiger partial charge on any atom is 0.295 e. The molecule has 542 valence electrons. The van der Waals surface area contributed by atoms with E-state index in [2.05, 4.69) is 31.1 Å². The molecule has 2 aliphatic heterocycles. The predicted molar refractivity (Wildman–Crippen MR) is 372 cm³/mol. The van der Waals surface area contributed by atoms with E-state index < -0.39 is 135 Å². The van der Waals surface area contributed by atoms with Crippen molar-refractivity contribution in [2.75, 3.05) is 46.3 Å². The van der Waals surface area contributed by atoms with Crippen LogP contribution in [0.4, 0.5) is 16.5 Å². The maximum atomic E-state index is 13.7. The van der Waals surface area contributed by atoms with Gasteiger partial charge >= 0.3 is 0 Å². The molecule has 0 saturated heterocycles. The van der Waals surface area contributed by atoms with E-state index in [0.717, 1.165) is 12.1 Å². The van der Waals surface area contributed by atoms with Crippen LogP contribution in [0.15, 0.2) is 145 Å². The summed E-state index contributed by atoms with van der Waals surface area (Å²) in [5.74, 6) is -2.86.